The smallest absolute Gasteiger partial charge is 0.131 e. The monoisotopic (exact) mass is 292 g/mol. The lowest BCUT2D eigenvalue weighted by molar-refractivity contribution is 0.516. The van der Waals surface area contributed by atoms with Gasteiger partial charge in [-0.05, 0) is 43.1 Å². The molecule has 114 valence electrons. The van der Waals surface area contributed by atoms with Gasteiger partial charge in [0.1, 0.15) is 11.6 Å². The summed E-state index contributed by atoms with van der Waals surface area (Å²) in [6.07, 6.45) is 5.90. The van der Waals surface area contributed by atoms with E-state index < -0.39 is 11.6 Å². The Morgan fingerprint density at radius 1 is 1.14 bits per heavy atom. The molecule has 0 aliphatic heterocycles. The third-order valence-electron chi connectivity index (χ3n) is 3.63. The number of benzene rings is 1. The molecule has 2 aromatic rings. The molecule has 0 spiro atoms. The molecule has 0 fully saturated rings. The average Bonchev–Trinajstić information content (AvgIpc) is 2.92. The molecule has 1 aromatic heterocycles. The van der Waals surface area contributed by atoms with Crippen molar-refractivity contribution in [2.75, 3.05) is 6.54 Å². The van der Waals surface area contributed by atoms with Crippen LogP contribution in [0.4, 0.5) is 8.78 Å². The van der Waals surface area contributed by atoms with E-state index in [1.165, 1.54) is 18.2 Å². The predicted molar refractivity (Wildman–Crippen MR) is 81.2 cm³/mol. The maximum Gasteiger partial charge on any atom is 0.131 e. The van der Waals surface area contributed by atoms with Gasteiger partial charge < -0.3 is 9.88 Å². The number of halogens is 2. The molecule has 0 radical (unpaired) electrons. The van der Waals surface area contributed by atoms with Gasteiger partial charge in [0, 0.05) is 24.0 Å². The number of aromatic nitrogens is 1. The molecule has 0 bridgehead atoms. The van der Waals surface area contributed by atoms with Crippen molar-refractivity contribution >= 4 is 0 Å². The van der Waals surface area contributed by atoms with E-state index in [4.69, 9.17) is 0 Å². The van der Waals surface area contributed by atoms with Crippen molar-refractivity contribution in [3.05, 3.63) is 59.4 Å². The van der Waals surface area contributed by atoms with Crippen molar-refractivity contribution < 1.29 is 8.78 Å². The molecule has 1 aromatic carbocycles. The van der Waals surface area contributed by atoms with Gasteiger partial charge in [0.2, 0.25) is 0 Å². The lowest BCUT2D eigenvalue weighted by Crippen LogP contribution is -2.21. The third-order valence-corrected chi connectivity index (χ3v) is 3.63. The van der Waals surface area contributed by atoms with Crippen LogP contribution < -0.4 is 5.32 Å². The van der Waals surface area contributed by atoms with Crippen molar-refractivity contribution in [2.24, 2.45) is 0 Å². The fourth-order valence-electron chi connectivity index (χ4n) is 2.45. The summed E-state index contributed by atoms with van der Waals surface area (Å²) in [7, 11) is 0. The first kappa shape index (κ1) is 15.7. The maximum atomic E-state index is 13.7. The second-order valence-electron chi connectivity index (χ2n) is 5.23. The Balaban J connectivity index is 2.12. The first-order valence-corrected chi connectivity index (χ1v) is 7.47. The van der Waals surface area contributed by atoms with E-state index >= 15 is 0 Å². The summed E-state index contributed by atoms with van der Waals surface area (Å²) >= 11 is 0. The number of nitrogens with zero attached hydrogens (tertiary/aromatic N) is 1. The molecule has 0 saturated carbocycles. The SMILES string of the molecule is CCCNC(CC)c1ccn(Cc2c(F)cccc2F)c1. The second kappa shape index (κ2) is 7.36. The van der Waals surface area contributed by atoms with Gasteiger partial charge in [0.05, 0.1) is 6.54 Å². The van der Waals surface area contributed by atoms with E-state index in [2.05, 4.69) is 19.2 Å². The zero-order valence-electron chi connectivity index (χ0n) is 12.6. The molecule has 0 aliphatic rings. The Hall–Kier alpha value is -1.68. The highest BCUT2D eigenvalue weighted by molar-refractivity contribution is 5.22. The third kappa shape index (κ3) is 3.91. The lowest BCUT2D eigenvalue weighted by atomic mass is 10.1. The minimum Gasteiger partial charge on any atom is -0.349 e. The standard InChI is InChI=1S/C17H22F2N2/c1-3-9-20-17(4-2)13-8-10-21(11-13)12-14-15(18)6-5-7-16(14)19/h5-8,10-11,17,20H,3-4,9,12H2,1-2H3. The summed E-state index contributed by atoms with van der Waals surface area (Å²) < 4.78 is 29.2. The average molecular weight is 292 g/mol. The van der Waals surface area contributed by atoms with Crippen molar-refractivity contribution in [2.45, 2.75) is 39.3 Å². The normalized spacial score (nSPS) is 12.6. The molecule has 1 atom stereocenters. The highest BCUT2D eigenvalue weighted by Gasteiger charge is 2.12. The van der Waals surface area contributed by atoms with Crippen LogP contribution >= 0.6 is 0 Å². The summed E-state index contributed by atoms with van der Waals surface area (Å²) in [6.45, 7) is 5.43. The summed E-state index contributed by atoms with van der Waals surface area (Å²) in [5, 5.41) is 3.47. The van der Waals surface area contributed by atoms with Crippen LogP contribution in [0, 0.1) is 11.6 Å². The van der Waals surface area contributed by atoms with E-state index in [1.54, 1.807) is 0 Å². The van der Waals surface area contributed by atoms with Crippen LogP contribution in [0.25, 0.3) is 0 Å². The predicted octanol–water partition coefficient (Wildman–Crippen LogP) is 4.27. The van der Waals surface area contributed by atoms with Gasteiger partial charge in [-0.2, -0.15) is 0 Å². The van der Waals surface area contributed by atoms with E-state index in [9.17, 15) is 8.78 Å². The fourth-order valence-corrected chi connectivity index (χ4v) is 2.45. The highest BCUT2D eigenvalue weighted by Crippen LogP contribution is 2.19. The lowest BCUT2D eigenvalue weighted by Gasteiger charge is -2.15. The largest absolute Gasteiger partial charge is 0.349 e. The molecule has 21 heavy (non-hydrogen) atoms. The first-order chi connectivity index (χ1) is 10.2. The number of hydrogen-bond donors (Lipinski definition) is 1. The molecule has 0 amide bonds. The van der Waals surface area contributed by atoms with Crippen molar-refractivity contribution in [1.82, 2.24) is 9.88 Å². The first-order valence-electron chi connectivity index (χ1n) is 7.47. The van der Waals surface area contributed by atoms with Gasteiger partial charge in [-0.3, -0.25) is 0 Å². The van der Waals surface area contributed by atoms with Gasteiger partial charge in [-0.25, -0.2) is 8.78 Å². The molecule has 1 unspecified atom stereocenters. The van der Waals surface area contributed by atoms with E-state index in [-0.39, 0.29) is 18.2 Å². The number of hydrogen-bond acceptors (Lipinski definition) is 1. The Morgan fingerprint density at radius 3 is 2.48 bits per heavy atom. The zero-order valence-corrected chi connectivity index (χ0v) is 12.6. The van der Waals surface area contributed by atoms with Gasteiger partial charge in [0.25, 0.3) is 0 Å². The van der Waals surface area contributed by atoms with Crippen LogP contribution in [0.2, 0.25) is 0 Å². The molecular formula is C17H22F2N2. The quantitative estimate of drug-likeness (QED) is 0.806. The highest BCUT2D eigenvalue weighted by atomic mass is 19.1. The Bertz CT molecular complexity index is 558. The molecule has 0 aliphatic carbocycles. The molecule has 2 nitrogen and oxygen atoms in total. The number of rotatable bonds is 7. The van der Waals surface area contributed by atoms with Gasteiger partial charge in [-0.1, -0.05) is 19.9 Å². The van der Waals surface area contributed by atoms with Gasteiger partial charge in [0.15, 0.2) is 0 Å². The fraction of sp³-hybridized carbons (Fsp3) is 0.412. The van der Waals surface area contributed by atoms with Crippen LogP contribution in [-0.4, -0.2) is 11.1 Å². The summed E-state index contributed by atoms with van der Waals surface area (Å²) in [5.74, 6) is -0.997. The van der Waals surface area contributed by atoms with Crippen LogP contribution in [-0.2, 0) is 6.54 Å². The number of nitrogens with one attached hydrogen (secondary N) is 1. The minimum absolute atomic E-state index is 0.106. The molecular weight excluding hydrogens is 270 g/mol. The van der Waals surface area contributed by atoms with Gasteiger partial charge in [-0.15, -0.1) is 0 Å². The van der Waals surface area contributed by atoms with Crippen LogP contribution in [0.1, 0.15) is 43.9 Å². The zero-order chi connectivity index (χ0) is 15.2. The van der Waals surface area contributed by atoms with Crippen molar-refractivity contribution in [3.63, 3.8) is 0 Å². The molecule has 1 N–H and O–H groups in total. The van der Waals surface area contributed by atoms with Crippen LogP contribution in [0.5, 0.6) is 0 Å². The topological polar surface area (TPSA) is 17.0 Å². The Kier molecular flexibility index (Phi) is 5.51. The van der Waals surface area contributed by atoms with Gasteiger partial charge >= 0.3 is 0 Å². The second-order valence-corrected chi connectivity index (χ2v) is 5.23. The van der Waals surface area contributed by atoms with E-state index in [0.29, 0.717) is 0 Å². The maximum absolute atomic E-state index is 13.7. The Morgan fingerprint density at radius 2 is 1.86 bits per heavy atom. The van der Waals surface area contributed by atoms with E-state index in [0.717, 1.165) is 24.9 Å². The summed E-state index contributed by atoms with van der Waals surface area (Å²) in [4.78, 5) is 0. The van der Waals surface area contributed by atoms with Crippen molar-refractivity contribution in [1.29, 1.82) is 0 Å². The van der Waals surface area contributed by atoms with Crippen LogP contribution in [0.3, 0.4) is 0 Å². The van der Waals surface area contributed by atoms with Crippen LogP contribution in [0.15, 0.2) is 36.7 Å². The molecule has 1 heterocycles. The molecule has 0 saturated heterocycles. The molecule has 4 heteroatoms. The summed E-state index contributed by atoms with van der Waals surface area (Å²) in [5.41, 5.74) is 1.26. The van der Waals surface area contributed by atoms with E-state index in [1.807, 2.05) is 23.0 Å². The summed E-state index contributed by atoms with van der Waals surface area (Å²) in [6, 6.07) is 6.27. The van der Waals surface area contributed by atoms with Crippen molar-refractivity contribution in [3.8, 4) is 0 Å². The Labute approximate surface area is 124 Å². The minimum atomic E-state index is -0.499. The molecule has 2 rings (SSSR count).